The molecule has 92 valence electrons. The predicted molar refractivity (Wildman–Crippen MR) is 74.2 cm³/mol. The van der Waals surface area contributed by atoms with Crippen LogP contribution in [0.15, 0.2) is 71.5 Å². The van der Waals surface area contributed by atoms with E-state index in [0.717, 1.165) is 10.6 Å². The molecule has 0 aromatic heterocycles. The summed E-state index contributed by atoms with van der Waals surface area (Å²) in [5.41, 5.74) is 0. The maximum atomic E-state index is 12.8. The Hall–Kier alpha value is -1.24. The molecule has 0 radical (unpaired) electrons. The van der Waals surface area contributed by atoms with E-state index in [1.54, 1.807) is 0 Å². The van der Waals surface area contributed by atoms with Gasteiger partial charge in [-0.05, 0) is 10.6 Å². The van der Waals surface area contributed by atoms with Gasteiger partial charge in [0.1, 0.15) is 4.77 Å². The van der Waals surface area contributed by atoms with Crippen LogP contribution < -0.4 is 10.6 Å². The standard InChI is InChI=1S/C14H10ClF2P/c15-13(14(16)17)18(11-7-3-1-4-8-11)12-9-5-2-6-10-12/h1-10H. The Morgan fingerprint density at radius 1 is 0.778 bits per heavy atom. The largest absolute Gasteiger partial charge is 0.289 e. The van der Waals surface area contributed by atoms with Crippen LogP contribution >= 0.6 is 19.5 Å². The summed E-state index contributed by atoms with van der Waals surface area (Å²) in [6.07, 6.45) is -1.81. The highest BCUT2D eigenvalue weighted by Crippen LogP contribution is 2.47. The van der Waals surface area contributed by atoms with E-state index in [-0.39, 0.29) is 4.77 Å². The molecule has 4 heteroatoms. The Kier molecular flexibility index (Phi) is 4.46. The van der Waals surface area contributed by atoms with E-state index in [1.165, 1.54) is 0 Å². The second-order valence-corrected chi connectivity index (χ2v) is 6.35. The van der Waals surface area contributed by atoms with Gasteiger partial charge in [0.05, 0.1) is 0 Å². The molecule has 0 unspecified atom stereocenters. The molecule has 0 aliphatic carbocycles. The number of benzene rings is 2. The molecule has 0 nitrogen and oxygen atoms in total. The van der Waals surface area contributed by atoms with Crippen molar-refractivity contribution in [2.75, 3.05) is 0 Å². The van der Waals surface area contributed by atoms with E-state index < -0.39 is 14.0 Å². The first kappa shape index (κ1) is 13.2. The smallest absolute Gasteiger partial charge is 0.172 e. The van der Waals surface area contributed by atoms with Crippen molar-refractivity contribution >= 4 is 30.1 Å². The van der Waals surface area contributed by atoms with Crippen LogP contribution in [0.25, 0.3) is 0 Å². The van der Waals surface area contributed by atoms with Gasteiger partial charge in [0, 0.05) is 7.92 Å². The van der Waals surface area contributed by atoms with Crippen molar-refractivity contribution in [2.45, 2.75) is 0 Å². The molecule has 0 spiro atoms. The van der Waals surface area contributed by atoms with Gasteiger partial charge in [-0.25, -0.2) is 0 Å². The molecule has 0 bridgehead atoms. The molecule has 0 saturated carbocycles. The van der Waals surface area contributed by atoms with E-state index in [9.17, 15) is 8.78 Å². The van der Waals surface area contributed by atoms with Crippen molar-refractivity contribution in [1.29, 1.82) is 0 Å². The highest BCUT2D eigenvalue weighted by atomic mass is 35.5. The van der Waals surface area contributed by atoms with Gasteiger partial charge in [-0.1, -0.05) is 72.3 Å². The maximum Gasteiger partial charge on any atom is 0.289 e. The lowest BCUT2D eigenvalue weighted by atomic mass is 10.4. The summed E-state index contributed by atoms with van der Waals surface area (Å²) in [5.74, 6) is 0. The Morgan fingerprint density at radius 2 is 1.17 bits per heavy atom. The van der Waals surface area contributed by atoms with Gasteiger partial charge in [-0.3, -0.25) is 0 Å². The third kappa shape index (κ3) is 2.95. The van der Waals surface area contributed by atoms with E-state index in [1.807, 2.05) is 60.7 Å². The van der Waals surface area contributed by atoms with Gasteiger partial charge in [0.2, 0.25) is 0 Å². The van der Waals surface area contributed by atoms with E-state index in [0.29, 0.717) is 0 Å². The topological polar surface area (TPSA) is 0 Å². The Labute approximate surface area is 111 Å². The first-order valence-corrected chi connectivity index (χ1v) is 7.03. The van der Waals surface area contributed by atoms with Crippen LogP contribution in [0, 0.1) is 0 Å². The molecule has 0 atom stereocenters. The maximum absolute atomic E-state index is 12.8. The lowest BCUT2D eigenvalue weighted by Gasteiger charge is -2.16. The highest BCUT2D eigenvalue weighted by Gasteiger charge is 2.21. The second kappa shape index (κ2) is 6.08. The molecular weight excluding hydrogens is 273 g/mol. The van der Waals surface area contributed by atoms with E-state index in [2.05, 4.69) is 0 Å². The average Bonchev–Trinajstić information content (AvgIpc) is 2.41. The Bertz CT molecular complexity index is 497. The first-order chi connectivity index (χ1) is 8.70. The van der Waals surface area contributed by atoms with Crippen molar-refractivity contribution in [1.82, 2.24) is 0 Å². The fourth-order valence-corrected chi connectivity index (χ4v) is 4.06. The monoisotopic (exact) mass is 282 g/mol. The molecule has 0 saturated heterocycles. The molecule has 0 aliphatic rings. The van der Waals surface area contributed by atoms with Gasteiger partial charge in [-0.15, -0.1) is 0 Å². The zero-order valence-corrected chi connectivity index (χ0v) is 11.0. The van der Waals surface area contributed by atoms with Crippen LogP contribution in [0.1, 0.15) is 0 Å². The Balaban J connectivity index is 2.53. The summed E-state index contributed by atoms with van der Waals surface area (Å²) < 4.78 is 25.3. The summed E-state index contributed by atoms with van der Waals surface area (Å²) in [7, 11) is -1.36. The highest BCUT2D eigenvalue weighted by molar-refractivity contribution is 7.78. The van der Waals surface area contributed by atoms with Gasteiger partial charge >= 0.3 is 0 Å². The van der Waals surface area contributed by atoms with Crippen LogP contribution in [0.4, 0.5) is 8.78 Å². The normalized spacial score (nSPS) is 10.4. The molecular formula is C14H10ClF2P. The molecule has 0 amide bonds. The first-order valence-electron chi connectivity index (χ1n) is 5.31. The fourth-order valence-electron chi connectivity index (χ4n) is 1.61. The quantitative estimate of drug-likeness (QED) is 0.731. The van der Waals surface area contributed by atoms with Crippen molar-refractivity contribution in [2.24, 2.45) is 0 Å². The molecule has 2 aromatic carbocycles. The number of halogens is 3. The summed E-state index contributed by atoms with van der Waals surface area (Å²) in [4.78, 5) is 0. The molecule has 0 aliphatic heterocycles. The molecule has 2 aromatic rings. The van der Waals surface area contributed by atoms with Crippen LogP contribution in [-0.2, 0) is 0 Å². The summed E-state index contributed by atoms with van der Waals surface area (Å²) >= 11 is 5.81. The minimum absolute atomic E-state index is 0.359. The third-order valence-electron chi connectivity index (χ3n) is 2.38. The number of hydrogen-bond acceptors (Lipinski definition) is 0. The van der Waals surface area contributed by atoms with Crippen molar-refractivity contribution < 1.29 is 8.78 Å². The summed E-state index contributed by atoms with van der Waals surface area (Å²) in [5, 5.41) is 1.63. The molecule has 2 rings (SSSR count). The van der Waals surface area contributed by atoms with Crippen molar-refractivity contribution in [3.05, 3.63) is 71.5 Å². The molecule has 0 heterocycles. The van der Waals surface area contributed by atoms with E-state index in [4.69, 9.17) is 11.6 Å². The fraction of sp³-hybridized carbons (Fsp3) is 0. The Morgan fingerprint density at radius 3 is 1.50 bits per heavy atom. The molecule has 0 N–H and O–H groups in total. The van der Waals surface area contributed by atoms with Gasteiger partial charge in [-0.2, -0.15) is 8.78 Å². The lowest BCUT2D eigenvalue weighted by molar-refractivity contribution is 0.422. The van der Waals surface area contributed by atoms with Crippen LogP contribution in [0.3, 0.4) is 0 Å². The minimum atomic E-state index is -1.81. The van der Waals surface area contributed by atoms with Gasteiger partial charge in [0.15, 0.2) is 0 Å². The van der Waals surface area contributed by atoms with Crippen LogP contribution in [0.2, 0.25) is 0 Å². The number of hydrogen-bond donors (Lipinski definition) is 0. The predicted octanol–water partition coefficient (Wildman–Crippen LogP) is 4.42. The van der Waals surface area contributed by atoms with Crippen molar-refractivity contribution in [3.63, 3.8) is 0 Å². The second-order valence-electron chi connectivity index (χ2n) is 3.56. The third-order valence-corrected chi connectivity index (χ3v) is 5.22. The lowest BCUT2D eigenvalue weighted by Crippen LogP contribution is -2.11. The van der Waals surface area contributed by atoms with Gasteiger partial charge < -0.3 is 0 Å². The van der Waals surface area contributed by atoms with Crippen LogP contribution in [-0.4, -0.2) is 0 Å². The molecule has 0 fully saturated rings. The van der Waals surface area contributed by atoms with Crippen LogP contribution in [0.5, 0.6) is 0 Å². The van der Waals surface area contributed by atoms with Gasteiger partial charge in [0.25, 0.3) is 6.08 Å². The number of rotatable bonds is 3. The average molecular weight is 283 g/mol. The minimum Gasteiger partial charge on any atom is -0.172 e. The zero-order chi connectivity index (χ0) is 13.0. The zero-order valence-electron chi connectivity index (χ0n) is 9.35. The van der Waals surface area contributed by atoms with E-state index >= 15 is 0 Å². The van der Waals surface area contributed by atoms with Crippen molar-refractivity contribution in [3.8, 4) is 0 Å². The summed E-state index contributed by atoms with van der Waals surface area (Å²) in [6, 6.07) is 18.3. The molecule has 18 heavy (non-hydrogen) atoms. The SMILES string of the molecule is FC(F)=C(Cl)P(c1ccccc1)c1ccccc1. The summed E-state index contributed by atoms with van der Waals surface area (Å²) in [6.45, 7) is 0.